The smallest absolute Gasteiger partial charge is 0.243 e. The maximum atomic E-state index is 12.8. The molecule has 1 aliphatic heterocycles. The fourth-order valence-electron chi connectivity index (χ4n) is 2.70. The van der Waals surface area contributed by atoms with E-state index in [0.29, 0.717) is 44.1 Å². The van der Waals surface area contributed by atoms with E-state index in [1.54, 1.807) is 6.07 Å². The van der Waals surface area contributed by atoms with Gasteiger partial charge in [-0.05, 0) is 25.1 Å². The molecule has 0 unspecified atom stereocenters. The van der Waals surface area contributed by atoms with E-state index in [2.05, 4.69) is 11.0 Å². The number of benzene rings is 1. The monoisotopic (exact) mass is 353 g/mol. The number of nitrogens with zero attached hydrogens (tertiary/aromatic N) is 3. The van der Waals surface area contributed by atoms with Crippen LogP contribution in [0.5, 0.6) is 11.5 Å². The topological polar surface area (TPSA) is 82.9 Å². The van der Waals surface area contributed by atoms with Crippen molar-refractivity contribution in [3.05, 3.63) is 18.2 Å². The molecular formula is C16H23N3O4S. The lowest BCUT2D eigenvalue weighted by Gasteiger charge is -2.33. The highest BCUT2D eigenvalue weighted by Crippen LogP contribution is 2.30. The normalized spacial score (nSPS) is 16.5. The minimum Gasteiger partial charge on any atom is -0.493 e. The van der Waals surface area contributed by atoms with Crippen LogP contribution in [0, 0.1) is 11.3 Å². The lowest BCUT2D eigenvalue weighted by molar-refractivity contribution is 0.187. The molecule has 0 aromatic heterocycles. The van der Waals surface area contributed by atoms with Crippen LogP contribution in [0.2, 0.25) is 0 Å². The highest BCUT2D eigenvalue weighted by Gasteiger charge is 2.29. The average Bonchev–Trinajstić information content (AvgIpc) is 2.61. The summed E-state index contributed by atoms with van der Waals surface area (Å²) in [6.45, 7) is 3.08. The quantitative estimate of drug-likeness (QED) is 0.688. The molecule has 0 bridgehead atoms. The van der Waals surface area contributed by atoms with Gasteiger partial charge in [-0.2, -0.15) is 9.57 Å². The van der Waals surface area contributed by atoms with Crippen LogP contribution in [0.25, 0.3) is 0 Å². The number of methoxy groups -OCH3 is 2. The summed E-state index contributed by atoms with van der Waals surface area (Å²) in [5.74, 6) is 0.896. The molecule has 1 fully saturated rings. The van der Waals surface area contributed by atoms with Gasteiger partial charge in [-0.1, -0.05) is 0 Å². The molecule has 0 N–H and O–H groups in total. The largest absolute Gasteiger partial charge is 0.493 e. The zero-order valence-corrected chi connectivity index (χ0v) is 14.9. The number of hydrogen-bond donors (Lipinski definition) is 0. The van der Waals surface area contributed by atoms with Crippen molar-refractivity contribution >= 4 is 10.0 Å². The fraction of sp³-hybridized carbons (Fsp3) is 0.562. The zero-order valence-electron chi connectivity index (χ0n) is 14.1. The van der Waals surface area contributed by atoms with E-state index in [1.165, 1.54) is 30.7 Å². The van der Waals surface area contributed by atoms with Crippen molar-refractivity contribution in [1.29, 1.82) is 5.26 Å². The number of sulfonamides is 1. The Balaban J connectivity index is 2.05. The summed E-state index contributed by atoms with van der Waals surface area (Å²) in [7, 11) is -0.558. The zero-order chi connectivity index (χ0) is 17.6. The first-order valence-electron chi connectivity index (χ1n) is 7.84. The molecule has 1 aromatic carbocycles. The lowest BCUT2D eigenvalue weighted by atomic mass is 10.3. The van der Waals surface area contributed by atoms with Gasteiger partial charge in [0, 0.05) is 38.7 Å². The van der Waals surface area contributed by atoms with Crippen molar-refractivity contribution in [3.8, 4) is 17.6 Å². The number of rotatable bonds is 7. The Morgan fingerprint density at radius 2 is 1.79 bits per heavy atom. The van der Waals surface area contributed by atoms with Crippen LogP contribution in [0.4, 0.5) is 0 Å². The number of ether oxygens (including phenoxy) is 2. The minimum atomic E-state index is -3.55. The Hall–Kier alpha value is -1.82. The number of hydrogen-bond acceptors (Lipinski definition) is 6. The standard InChI is InChI=1S/C16H23N3O4S/c1-22-15-6-5-14(13-16(15)23-2)24(20,21)19-11-9-18(10-12-19)8-4-3-7-17/h5-6,13H,3-4,8-12H2,1-2H3. The highest BCUT2D eigenvalue weighted by molar-refractivity contribution is 7.89. The van der Waals surface area contributed by atoms with E-state index in [4.69, 9.17) is 14.7 Å². The SMILES string of the molecule is COc1ccc(S(=O)(=O)N2CCN(CCCC#N)CC2)cc1OC. The van der Waals surface area contributed by atoms with E-state index in [1.807, 2.05) is 0 Å². The molecule has 0 aliphatic carbocycles. The van der Waals surface area contributed by atoms with E-state index < -0.39 is 10.0 Å². The first kappa shape index (κ1) is 18.5. The molecule has 0 spiro atoms. The summed E-state index contributed by atoms with van der Waals surface area (Å²) in [4.78, 5) is 2.40. The van der Waals surface area contributed by atoms with Gasteiger partial charge in [-0.3, -0.25) is 0 Å². The van der Waals surface area contributed by atoms with Crippen LogP contribution in [0.1, 0.15) is 12.8 Å². The molecule has 24 heavy (non-hydrogen) atoms. The third-order valence-electron chi connectivity index (χ3n) is 4.09. The fourth-order valence-corrected chi connectivity index (χ4v) is 4.14. The predicted octanol–water partition coefficient (Wildman–Crippen LogP) is 1.31. The van der Waals surface area contributed by atoms with Crippen molar-refractivity contribution in [1.82, 2.24) is 9.21 Å². The van der Waals surface area contributed by atoms with Crippen LogP contribution in [0.3, 0.4) is 0 Å². The van der Waals surface area contributed by atoms with Gasteiger partial charge in [0.05, 0.1) is 25.2 Å². The van der Waals surface area contributed by atoms with Crippen molar-refractivity contribution in [2.24, 2.45) is 0 Å². The Kier molecular flexibility index (Phi) is 6.43. The summed E-state index contributed by atoms with van der Waals surface area (Å²) in [6.07, 6.45) is 1.35. The van der Waals surface area contributed by atoms with Gasteiger partial charge < -0.3 is 14.4 Å². The van der Waals surface area contributed by atoms with Crippen LogP contribution >= 0.6 is 0 Å². The van der Waals surface area contributed by atoms with Gasteiger partial charge in [-0.25, -0.2) is 8.42 Å². The Morgan fingerprint density at radius 1 is 1.12 bits per heavy atom. The van der Waals surface area contributed by atoms with E-state index in [-0.39, 0.29) is 4.90 Å². The maximum Gasteiger partial charge on any atom is 0.243 e. The molecule has 1 aliphatic rings. The molecule has 1 heterocycles. The molecule has 1 aromatic rings. The third-order valence-corrected chi connectivity index (χ3v) is 5.98. The molecule has 0 saturated carbocycles. The second kappa shape index (κ2) is 8.33. The minimum absolute atomic E-state index is 0.207. The third kappa shape index (κ3) is 4.17. The molecule has 0 amide bonds. The Labute approximate surface area is 143 Å². The molecule has 0 atom stereocenters. The van der Waals surface area contributed by atoms with Crippen molar-refractivity contribution in [2.75, 3.05) is 46.9 Å². The maximum absolute atomic E-state index is 12.8. The highest BCUT2D eigenvalue weighted by atomic mass is 32.2. The predicted molar refractivity (Wildman–Crippen MR) is 89.6 cm³/mol. The summed E-state index contributed by atoms with van der Waals surface area (Å²) >= 11 is 0. The number of unbranched alkanes of at least 4 members (excludes halogenated alkanes) is 1. The van der Waals surface area contributed by atoms with Crippen LogP contribution in [-0.4, -0.2) is 64.6 Å². The van der Waals surface area contributed by atoms with Crippen LogP contribution in [0.15, 0.2) is 23.1 Å². The molecule has 132 valence electrons. The van der Waals surface area contributed by atoms with Crippen molar-refractivity contribution in [2.45, 2.75) is 17.7 Å². The van der Waals surface area contributed by atoms with Crippen molar-refractivity contribution < 1.29 is 17.9 Å². The molecule has 8 heteroatoms. The van der Waals surface area contributed by atoms with Gasteiger partial charge in [0.15, 0.2) is 11.5 Å². The average molecular weight is 353 g/mol. The van der Waals surface area contributed by atoms with E-state index in [9.17, 15) is 8.42 Å². The van der Waals surface area contributed by atoms with Crippen LogP contribution < -0.4 is 9.47 Å². The van der Waals surface area contributed by atoms with Gasteiger partial charge in [0.1, 0.15) is 0 Å². The van der Waals surface area contributed by atoms with Gasteiger partial charge in [0.2, 0.25) is 10.0 Å². The molecule has 7 nitrogen and oxygen atoms in total. The first-order valence-corrected chi connectivity index (χ1v) is 9.28. The van der Waals surface area contributed by atoms with Crippen LogP contribution in [-0.2, 0) is 10.0 Å². The van der Waals surface area contributed by atoms with Crippen molar-refractivity contribution in [3.63, 3.8) is 0 Å². The summed E-state index contributed by atoms with van der Waals surface area (Å²) in [5.41, 5.74) is 0. The van der Waals surface area contributed by atoms with E-state index in [0.717, 1.165) is 13.0 Å². The summed E-state index contributed by atoms with van der Waals surface area (Å²) in [6, 6.07) is 6.76. The lowest BCUT2D eigenvalue weighted by Crippen LogP contribution is -2.48. The molecule has 1 saturated heterocycles. The van der Waals surface area contributed by atoms with Gasteiger partial charge in [-0.15, -0.1) is 0 Å². The summed E-state index contributed by atoms with van der Waals surface area (Å²) in [5, 5.41) is 8.58. The van der Waals surface area contributed by atoms with Gasteiger partial charge in [0.25, 0.3) is 0 Å². The van der Waals surface area contributed by atoms with E-state index >= 15 is 0 Å². The molecule has 2 rings (SSSR count). The second-order valence-corrected chi connectivity index (χ2v) is 7.46. The Bertz CT molecular complexity index is 692. The first-order chi connectivity index (χ1) is 11.5. The molecule has 0 radical (unpaired) electrons. The van der Waals surface area contributed by atoms with Gasteiger partial charge >= 0.3 is 0 Å². The number of piperazine rings is 1. The number of nitriles is 1. The molecular weight excluding hydrogens is 330 g/mol. The second-order valence-electron chi connectivity index (χ2n) is 5.52. The summed E-state index contributed by atoms with van der Waals surface area (Å²) < 4.78 is 37.4. The Morgan fingerprint density at radius 3 is 2.38 bits per heavy atom.